The van der Waals surface area contributed by atoms with Crippen LogP contribution >= 0.6 is 0 Å². The van der Waals surface area contributed by atoms with Gasteiger partial charge in [-0.1, -0.05) is 189 Å². The Morgan fingerprint density at radius 3 is 1.07 bits per heavy atom. The normalized spacial score (nSPS) is 12.8. The van der Waals surface area contributed by atoms with E-state index in [0.29, 0.717) is 19.3 Å². The third-order valence-electron chi connectivity index (χ3n) is 9.90. The van der Waals surface area contributed by atoms with Crippen LogP contribution < -0.4 is 0 Å². The maximum atomic E-state index is 12.7. The molecule has 0 aliphatic carbocycles. The molecule has 0 aliphatic heterocycles. The van der Waals surface area contributed by atoms with Crippen LogP contribution in [0, 0.1) is 0 Å². The van der Waals surface area contributed by atoms with E-state index in [1.54, 1.807) is 0 Å². The van der Waals surface area contributed by atoms with Crippen LogP contribution in [-0.2, 0) is 28.6 Å². The second-order valence-electron chi connectivity index (χ2n) is 15.6. The van der Waals surface area contributed by atoms with E-state index in [4.69, 9.17) is 14.2 Å². The minimum atomic E-state index is -0.799. The maximum absolute atomic E-state index is 12.7. The van der Waals surface area contributed by atoms with Crippen molar-refractivity contribution in [2.75, 3.05) is 13.2 Å². The molecule has 0 saturated heterocycles. The molecule has 1 unspecified atom stereocenters. The number of rotatable bonds is 42. The standard InChI is InChI=1S/C53H88O6/c1-4-7-10-13-16-19-21-23-25-26-28-29-31-34-37-40-43-46-52(55)58-49-50(48-57-51(54)45-42-39-36-33-18-15-12-9-6-3)59-53(56)47-44-41-38-35-32-30-27-24-22-20-17-14-11-8-5-2/h7-8,10-11,16-17,19-20,23-25,27,32,35,50H,4-6,9,12-15,18,21-22,26,28-31,33-34,36-49H2,1-3H3/b10-7-,11-8-,19-16-,20-17-,25-23-,27-24-,35-32-. The van der Waals surface area contributed by atoms with Crippen LogP contribution in [0.25, 0.3) is 0 Å². The summed E-state index contributed by atoms with van der Waals surface area (Å²) in [6, 6.07) is 0. The summed E-state index contributed by atoms with van der Waals surface area (Å²) in [7, 11) is 0. The first kappa shape index (κ1) is 55.6. The zero-order chi connectivity index (χ0) is 43.0. The van der Waals surface area contributed by atoms with Crippen molar-refractivity contribution in [3.05, 3.63) is 85.1 Å². The highest BCUT2D eigenvalue weighted by Crippen LogP contribution is 2.13. The molecule has 0 bridgehead atoms. The lowest BCUT2D eigenvalue weighted by atomic mass is 10.1. The zero-order valence-electron chi connectivity index (χ0n) is 38.2. The second-order valence-corrected chi connectivity index (χ2v) is 15.6. The van der Waals surface area contributed by atoms with Gasteiger partial charge in [0.2, 0.25) is 0 Å². The van der Waals surface area contributed by atoms with Gasteiger partial charge in [-0.05, 0) is 89.9 Å². The molecule has 0 spiro atoms. The Hall–Kier alpha value is -3.41. The van der Waals surface area contributed by atoms with Gasteiger partial charge in [0, 0.05) is 19.3 Å². The number of allylic oxidation sites excluding steroid dienone is 14. The van der Waals surface area contributed by atoms with Gasteiger partial charge in [-0.3, -0.25) is 14.4 Å². The molecule has 0 rings (SSSR count). The fourth-order valence-corrected chi connectivity index (χ4v) is 6.33. The van der Waals surface area contributed by atoms with E-state index in [2.05, 4.69) is 106 Å². The Labute approximate surface area is 363 Å². The topological polar surface area (TPSA) is 78.9 Å². The zero-order valence-corrected chi connectivity index (χ0v) is 38.2. The molecule has 0 amide bonds. The quantitative estimate of drug-likeness (QED) is 0.0264. The van der Waals surface area contributed by atoms with Gasteiger partial charge in [-0.25, -0.2) is 0 Å². The first-order valence-corrected chi connectivity index (χ1v) is 24.1. The summed E-state index contributed by atoms with van der Waals surface area (Å²) in [6.07, 6.45) is 60.0. The van der Waals surface area contributed by atoms with Crippen molar-refractivity contribution in [1.82, 2.24) is 0 Å². The van der Waals surface area contributed by atoms with Crippen LogP contribution in [0.4, 0.5) is 0 Å². The van der Waals surface area contributed by atoms with Crippen molar-refractivity contribution in [2.24, 2.45) is 0 Å². The molecule has 336 valence electrons. The molecule has 0 aromatic rings. The highest BCUT2D eigenvalue weighted by molar-refractivity contribution is 5.71. The fraction of sp³-hybridized carbons (Fsp3) is 0.679. The molecule has 0 N–H and O–H groups in total. The Balaban J connectivity index is 4.43. The predicted molar refractivity (Wildman–Crippen MR) is 251 cm³/mol. The molecule has 6 nitrogen and oxygen atoms in total. The molecule has 0 fully saturated rings. The Morgan fingerprint density at radius 2 is 0.661 bits per heavy atom. The van der Waals surface area contributed by atoms with Gasteiger partial charge in [-0.2, -0.15) is 0 Å². The highest BCUT2D eigenvalue weighted by Gasteiger charge is 2.19. The lowest BCUT2D eigenvalue weighted by Crippen LogP contribution is -2.30. The van der Waals surface area contributed by atoms with Gasteiger partial charge in [0.1, 0.15) is 13.2 Å². The van der Waals surface area contributed by atoms with Crippen LogP contribution in [0.5, 0.6) is 0 Å². The van der Waals surface area contributed by atoms with E-state index < -0.39 is 6.10 Å². The van der Waals surface area contributed by atoms with Crippen molar-refractivity contribution >= 4 is 17.9 Å². The third kappa shape index (κ3) is 45.5. The number of carbonyl (C=O) groups excluding carboxylic acids is 3. The second kappa shape index (κ2) is 47.3. The van der Waals surface area contributed by atoms with Crippen LogP contribution in [0.3, 0.4) is 0 Å². The molecular weight excluding hydrogens is 733 g/mol. The molecule has 59 heavy (non-hydrogen) atoms. The molecular formula is C53H88O6. The monoisotopic (exact) mass is 821 g/mol. The van der Waals surface area contributed by atoms with Crippen LogP contribution in [0.2, 0.25) is 0 Å². The summed E-state index contributed by atoms with van der Waals surface area (Å²) in [5, 5.41) is 0. The van der Waals surface area contributed by atoms with Gasteiger partial charge >= 0.3 is 17.9 Å². The van der Waals surface area contributed by atoms with Crippen LogP contribution in [0.15, 0.2) is 85.1 Å². The molecule has 0 radical (unpaired) electrons. The predicted octanol–water partition coefficient (Wildman–Crippen LogP) is 15.6. The lowest BCUT2D eigenvalue weighted by Gasteiger charge is -2.18. The number of hydrogen-bond donors (Lipinski definition) is 0. The summed E-state index contributed by atoms with van der Waals surface area (Å²) in [4.78, 5) is 37.8. The van der Waals surface area contributed by atoms with Gasteiger partial charge in [-0.15, -0.1) is 0 Å². The van der Waals surface area contributed by atoms with Crippen molar-refractivity contribution in [3.63, 3.8) is 0 Å². The van der Waals surface area contributed by atoms with Gasteiger partial charge in [0.05, 0.1) is 0 Å². The van der Waals surface area contributed by atoms with E-state index in [1.807, 2.05) is 0 Å². The van der Waals surface area contributed by atoms with Crippen molar-refractivity contribution in [2.45, 2.75) is 219 Å². The van der Waals surface area contributed by atoms with E-state index in [1.165, 1.54) is 64.2 Å². The van der Waals surface area contributed by atoms with Crippen molar-refractivity contribution in [1.29, 1.82) is 0 Å². The third-order valence-corrected chi connectivity index (χ3v) is 9.90. The molecule has 1 atom stereocenters. The summed E-state index contributed by atoms with van der Waals surface area (Å²) in [6.45, 7) is 6.33. The fourth-order valence-electron chi connectivity index (χ4n) is 6.33. The molecule has 0 heterocycles. The SMILES string of the molecule is CC/C=C\C/C=C\C/C=C\C/C=C\CCCCC(=O)OC(COC(=O)CCCCCCCCC/C=C\C/C=C\C/C=C\CC)COC(=O)CCCCCCCCCCC. The average Bonchev–Trinajstić information content (AvgIpc) is 3.23. The molecule has 0 aromatic carbocycles. The lowest BCUT2D eigenvalue weighted by molar-refractivity contribution is -0.167. The van der Waals surface area contributed by atoms with Crippen LogP contribution in [0.1, 0.15) is 213 Å². The first-order valence-electron chi connectivity index (χ1n) is 24.1. The number of carbonyl (C=O) groups is 3. The average molecular weight is 821 g/mol. The largest absolute Gasteiger partial charge is 0.462 e. The van der Waals surface area contributed by atoms with E-state index >= 15 is 0 Å². The minimum Gasteiger partial charge on any atom is -0.462 e. The molecule has 0 aliphatic rings. The summed E-state index contributed by atoms with van der Waals surface area (Å²) < 4.78 is 16.7. The number of unbranched alkanes of at least 4 members (excludes halogenated alkanes) is 17. The van der Waals surface area contributed by atoms with Crippen LogP contribution in [-0.4, -0.2) is 37.2 Å². The number of ether oxygens (including phenoxy) is 3. The van der Waals surface area contributed by atoms with E-state index in [-0.39, 0.29) is 37.5 Å². The molecule has 0 aromatic heterocycles. The first-order chi connectivity index (χ1) is 29.0. The Bertz CT molecular complexity index is 1170. The van der Waals surface area contributed by atoms with Crippen molar-refractivity contribution in [3.8, 4) is 0 Å². The molecule has 6 heteroatoms. The molecule has 0 saturated carbocycles. The van der Waals surface area contributed by atoms with Gasteiger partial charge in [0.15, 0.2) is 6.10 Å². The Morgan fingerprint density at radius 1 is 0.356 bits per heavy atom. The highest BCUT2D eigenvalue weighted by atomic mass is 16.6. The summed E-state index contributed by atoms with van der Waals surface area (Å²) in [5.41, 5.74) is 0. The number of esters is 3. The maximum Gasteiger partial charge on any atom is 0.306 e. The van der Waals surface area contributed by atoms with Gasteiger partial charge < -0.3 is 14.2 Å². The van der Waals surface area contributed by atoms with Crippen molar-refractivity contribution < 1.29 is 28.6 Å². The number of hydrogen-bond acceptors (Lipinski definition) is 6. The van der Waals surface area contributed by atoms with Gasteiger partial charge in [0.25, 0.3) is 0 Å². The summed E-state index contributed by atoms with van der Waals surface area (Å²) in [5.74, 6) is -0.955. The van der Waals surface area contributed by atoms with E-state index in [9.17, 15) is 14.4 Å². The summed E-state index contributed by atoms with van der Waals surface area (Å²) >= 11 is 0. The van der Waals surface area contributed by atoms with E-state index in [0.717, 1.165) is 103 Å². The Kier molecular flexibility index (Phi) is 44.5. The smallest absolute Gasteiger partial charge is 0.306 e. The minimum absolute atomic E-state index is 0.0962.